The van der Waals surface area contributed by atoms with Crippen LogP contribution in [0.5, 0.6) is 0 Å². The van der Waals surface area contributed by atoms with E-state index in [2.05, 4.69) is 0 Å². The Labute approximate surface area is 97.7 Å². The normalized spacial score (nSPS) is 20.5. The van der Waals surface area contributed by atoms with E-state index in [-0.39, 0.29) is 5.97 Å². The maximum atomic E-state index is 10.8. The van der Waals surface area contributed by atoms with E-state index < -0.39 is 9.04 Å². The molecule has 0 aromatic rings. The molecular formula is C10H20O5Si. The van der Waals surface area contributed by atoms with Crippen molar-refractivity contribution in [1.82, 2.24) is 0 Å². The highest BCUT2D eigenvalue weighted by molar-refractivity contribution is 6.53. The molecule has 0 saturated carbocycles. The van der Waals surface area contributed by atoms with Crippen molar-refractivity contribution in [2.45, 2.75) is 25.5 Å². The molecule has 1 fully saturated rings. The maximum absolute atomic E-state index is 10.8. The Bertz CT molecular complexity index is 207. The van der Waals surface area contributed by atoms with Gasteiger partial charge < -0.3 is 18.6 Å². The van der Waals surface area contributed by atoms with Gasteiger partial charge >= 0.3 is 0 Å². The first kappa shape index (κ1) is 13.6. The number of carbonyl (C=O) groups is 1. The van der Waals surface area contributed by atoms with Crippen LogP contribution in [0.25, 0.3) is 0 Å². The molecule has 1 rings (SSSR count). The third kappa shape index (κ3) is 6.94. The van der Waals surface area contributed by atoms with Crippen LogP contribution in [0.15, 0.2) is 0 Å². The fraction of sp³-hybridized carbons (Fsp3) is 0.900. The maximum Gasteiger partial charge on any atom is 0.289 e. The molecule has 0 N–H and O–H groups in total. The molecule has 6 heteroatoms. The third-order valence-corrected chi connectivity index (χ3v) is 4.63. The monoisotopic (exact) mass is 248 g/mol. The molecule has 2 unspecified atom stereocenters. The second kappa shape index (κ2) is 7.78. The molecule has 0 aliphatic carbocycles. The number of hydrogen-bond donors (Lipinski definition) is 0. The van der Waals surface area contributed by atoms with Crippen LogP contribution in [0, 0.1) is 0 Å². The molecule has 0 aromatic carbocycles. The SMILES string of the molecule is COC[SiH](CCCOCC1CO1)OC(C)=O. The largest absolute Gasteiger partial charge is 0.520 e. The van der Waals surface area contributed by atoms with Gasteiger partial charge in [-0.3, -0.25) is 4.79 Å². The predicted octanol–water partition coefficient (Wildman–Crippen LogP) is 0.264. The Kier molecular flexibility index (Phi) is 6.63. The van der Waals surface area contributed by atoms with Gasteiger partial charge in [0.1, 0.15) is 6.10 Å². The van der Waals surface area contributed by atoms with E-state index in [1.54, 1.807) is 7.11 Å². The molecule has 1 saturated heterocycles. The zero-order chi connectivity index (χ0) is 11.8. The minimum atomic E-state index is -1.53. The van der Waals surface area contributed by atoms with Crippen LogP contribution < -0.4 is 0 Å². The summed E-state index contributed by atoms with van der Waals surface area (Å²) in [6, 6.07) is 0.902. The van der Waals surface area contributed by atoms with E-state index in [0.717, 1.165) is 19.1 Å². The lowest BCUT2D eigenvalue weighted by atomic mass is 10.5. The average Bonchev–Trinajstić information content (AvgIpc) is 3.00. The van der Waals surface area contributed by atoms with Gasteiger partial charge in [0.05, 0.1) is 19.4 Å². The summed E-state index contributed by atoms with van der Waals surface area (Å²) in [4.78, 5) is 10.8. The first-order chi connectivity index (χ1) is 7.72. The summed E-state index contributed by atoms with van der Waals surface area (Å²) >= 11 is 0. The Hall–Kier alpha value is -0.433. The molecule has 0 spiro atoms. The highest BCUT2D eigenvalue weighted by Gasteiger charge is 2.22. The summed E-state index contributed by atoms with van der Waals surface area (Å²) in [5.41, 5.74) is 0. The van der Waals surface area contributed by atoms with Gasteiger partial charge in [0.25, 0.3) is 15.0 Å². The number of hydrogen-bond acceptors (Lipinski definition) is 5. The first-order valence-corrected chi connectivity index (χ1v) is 7.68. The van der Waals surface area contributed by atoms with Gasteiger partial charge in [-0.15, -0.1) is 0 Å². The Balaban J connectivity index is 1.98. The molecular weight excluding hydrogens is 228 g/mol. The standard InChI is InChI=1S/C10H20O5Si/c1-9(11)15-16(8-12-2)5-3-4-13-6-10-7-14-10/h10,16H,3-8H2,1-2H3. The van der Waals surface area contributed by atoms with Gasteiger partial charge in [-0.1, -0.05) is 0 Å². The van der Waals surface area contributed by atoms with Crippen LogP contribution in [0.2, 0.25) is 6.04 Å². The smallest absolute Gasteiger partial charge is 0.289 e. The van der Waals surface area contributed by atoms with Gasteiger partial charge in [-0.25, -0.2) is 0 Å². The van der Waals surface area contributed by atoms with E-state index in [1.165, 1.54) is 6.92 Å². The Morgan fingerprint density at radius 2 is 2.31 bits per heavy atom. The molecule has 5 nitrogen and oxygen atoms in total. The quantitative estimate of drug-likeness (QED) is 0.333. The molecule has 94 valence electrons. The Morgan fingerprint density at radius 1 is 1.56 bits per heavy atom. The van der Waals surface area contributed by atoms with Gasteiger partial charge in [0, 0.05) is 20.6 Å². The van der Waals surface area contributed by atoms with Crippen molar-refractivity contribution in [2.24, 2.45) is 0 Å². The van der Waals surface area contributed by atoms with Crippen molar-refractivity contribution >= 4 is 15.0 Å². The number of ether oxygens (including phenoxy) is 3. The van der Waals surface area contributed by atoms with Crippen molar-refractivity contribution in [3.05, 3.63) is 0 Å². The van der Waals surface area contributed by atoms with Gasteiger partial charge in [0.2, 0.25) is 0 Å². The highest BCUT2D eigenvalue weighted by Crippen LogP contribution is 2.09. The van der Waals surface area contributed by atoms with E-state index in [4.69, 9.17) is 18.6 Å². The zero-order valence-electron chi connectivity index (χ0n) is 9.94. The highest BCUT2D eigenvalue weighted by atomic mass is 28.3. The van der Waals surface area contributed by atoms with Crippen LogP contribution in [-0.2, 0) is 23.4 Å². The van der Waals surface area contributed by atoms with Crippen molar-refractivity contribution in [1.29, 1.82) is 0 Å². The number of rotatable bonds is 9. The summed E-state index contributed by atoms with van der Waals surface area (Å²) in [5.74, 6) is -0.207. The number of epoxide rings is 1. The first-order valence-electron chi connectivity index (χ1n) is 5.58. The summed E-state index contributed by atoms with van der Waals surface area (Å²) < 4.78 is 20.7. The summed E-state index contributed by atoms with van der Waals surface area (Å²) in [6.07, 6.45) is 1.81. The minimum absolute atomic E-state index is 0.207. The van der Waals surface area contributed by atoms with E-state index in [9.17, 15) is 4.79 Å². The lowest BCUT2D eigenvalue weighted by molar-refractivity contribution is -0.132. The lowest BCUT2D eigenvalue weighted by Gasteiger charge is -2.14. The van der Waals surface area contributed by atoms with Crippen LogP contribution in [0.4, 0.5) is 0 Å². The molecule has 16 heavy (non-hydrogen) atoms. The van der Waals surface area contributed by atoms with E-state index in [1.807, 2.05) is 0 Å². The lowest BCUT2D eigenvalue weighted by Crippen LogP contribution is -2.27. The van der Waals surface area contributed by atoms with Crippen LogP contribution >= 0.6 is 0 Å². The van der Waals surface area contributed by atoms with Crippen LogP contribution in [0.1, 0.15) is 13.3 Å². The molecule has 0 radical (unpaired) electrons. The van der Waals surface area contributed by atoms with Crippen molar-refractivity contribution < 1.29 is 23.4 Å². The third-order valence-electron chi connectivity index (χ3n) is 2.21. The summed E-state index contributed by atoms with van der Waals surface area (Å²) in [5, 5.41) is 0. The predicted molar refractivity (Wildman–Crippen MR) is 60.8 cm³/mol. The van der Waals surface area contributed by atoms with Crippen LogP contribution in [0.3, 0.4) is 0 Å². The topological polar surface area (TPSA) is 57.3 Å². The molecule has 0 aromatic heterocycles. The second-order valence-electron chi connectivity index (χ2n) is 3.86. The van der Waals surface area contributed by atoms with E-state index >= 15 is 0 Å². The molecule has 1 aliphatic rings. The fourth-order valence-corrected chi connectivity index (χ4v) is 3.20. The number of methoxy groups -OCH3 is 1. The molecule has 1 aliphatic heterocycles. The van der Waals surface area contributed by atoms with Crippen molar-refractivity contribution in [3.8, 4) is 0 Å². The molecule has 2 atom stereocenters. The number of carbonyl (C=O) groups excluding carboxylic acids is 1. The second-order valence-corrected chi connectivity index (χ2v) is 6.25. The van der Waals surface area contributed by atoms with Gasteiger partial charge in [0.15, 0.2) is 0 Å². The van der Waals surface area contributed by atoms with Gasteiger partial charge in [-0.2, -0.15) is 0 Å². The molecule has 1 heterocycles. The Morgan fingerprint density at radius 3 is 2.88 bits per heavy atom. The average molecular weight is 248 g/mol. The zero-order valence-corrected chi connectivity index (χ0v) is 11.1. The summed E-state index contributed by atoms with van der Waals surface area (Å²) in [6.45, 7) is 3.66. The summed E-state index contributed by atoms with van der Waals surface area (Å²) in [7, 11) is 0.103. The van der Waals surface area contributed by atoms with E-state index in [0.29, 0.717) is 25.5 Å². The van der Waals surface area contributed by atoms with Gasteiger partial charge in [-0.05, 0) is 12.5 Å². The van der Waals surface area contributed by atoms with Crippen molar-refractivity contribution in [3.63, 3.8) is 0 Å². The minimum Gasteiger partial charge on any atom is -0.520 e. The van der Waals surface area contributed by atoms with Crippen molar-refractivity contribution in [2.75, 3.05) is 33.2 Å². The molecule has 0 bridgehead atoms. The van der Waals surface area contributed by atoms with Crippen LogP contribution in [-0.4, -0.2) is 54.3 Å². The fourth-order valence-electron chi connectivity index (χ4n) is 1.39. The molecule has 0 amide bonds.